The Hall–Kier alpha value is -1.36. The molecule has 1 aromatic rings. The lowest BCUT2D eigenvalue weighted by Gasteiger charge is -2.22. The highest BCUT2D eigenvalue weighted by atomic mass is 32.2. The Balaban J connectivity index is 2.09. The van der Waals surface area contributed by atoms with Crippen molar-refractivity contribution in [1.29, 1.82) is 0 Å². The topological polar surface area (TPSA) is 71.4 Å². The van der Waals surface area contributed by atoms with Crippen molar-refractivity contribution in [3.05, 3.63) is 35.4 Å². The lowest BCUT2D eigenvalue weighted by molar-refractivity contribution is 0.0695. The molecule has 0 spiro atoms. The van der Waals surface area contributed by atoms with Crippen molar-refractivity contribution in [3.8, 4) is 0 Å². The molecule has 1 heterocycles. The first-order chi connectivity index (χ1) is 8.48. The highest BCUT2D eigenvalue weighted by Gasteiger charge is 2.24. The highest BCUT2D eigenvalue weighted by Crippen LogP contribution is 2.24. The molecule has 0 amide bonds. The van der Waals surface area contributed by atoms with E-state index in [1.54, 1.807) is 12.1 Å². The molecule has 0 saturated carbocycles. The van der Waals surface area contributed by atoms with Crippen molar-refractivity contribution in [1.82, 2.24) is 0 Å². The molecule has 1 aliphatic heterocycles. The summed E-state index contributed by atoms with van der Waals surface area (Å²) in [5.74, 6) is -0.192. The Morgan fingerprint density at radius 1 is 1.22 bits per heavy atom. The number of aromatic carboxylic acids is 1. The van der Waals surface area contributed by atoms with Gasteiger partial charge < -0.3 is 5.11 Å². The van der Waals surface area contributed by atoms with Crippen LogP contribution in [0.4, 0.5) is 0 Å². The zero-order valence-corrected chi connectivity index (χ0v) is 10.8. The summed E-state index contributed by atoms with van der Waals surface area (Å²) in [4.78, 5) is 11.1. The summed E-state index contributed by atoms with van der Waals surface area (Å²) in [5, 5.41) is 9.08. The standard InChI is InChI=1S/C13H16O4S/c14-13(15)12-4-2-1-3-11(12)9-10-5-7-18(16,17)8-6-10/h1-4,10H,5-9H2,(H,14,15). The SMILES string of the molecule is O=C(O)c1ccccc1CC1CCS(=O)(=O)CC1. The number of hydrogen-bond acceptors (Lipinski definition) is 3. The minimum Gasteiger partial charge on any atom is -0.478 e. The molecule has 0 aromatic heterocycles. The van der Waals surface area contributed by atoms with E-state index in [-0.39, 0.29) is 17.4 Å². The van der Waals surface area contributed by atoms with Gasteiger partial charge in [-0.2, -0.15) is 0 Å². The maximum absolute atomic E-state index is 11.3. The molecule has 1 saturated heterocycles. The van der Waals surface area contributed by atoms with E-state index in [2.05, 4.69) is 0 Å². The van der Waals surface area contributed by atoms with Crippen molar-refractivity contribution < 1.29 is 18.3 Å². The molecule has 0 unspecified atom stereocenters. The second-order valence-electron chi connectivity index (χ2n) is 4.76. The molecule has 1 N–H and O–H groups in total. The quantitative estimate of drug-likeness (QED) is 0.906. The molecule has 1 fully saturated rings. The summed E-state index contributed by atoms with van der Waals surface area (Å²) < 4.78 is 22.7. The normalized spacial score (nSPS) is 19.6. The van der Waals surface area contributed by atoms with E-state index in [1.165, 1.54) is 0 Å². The van der Waals surface area contributed by atoms with Gasteiger partial charge in [-0.1, -0.05) is 18.2 Å². The largest absolute Gasteiger partial charge is 0.478 e. The third-order valence-electron chi connectivity index (χ3n) is 3.43. The summed E-state index contributed by atoms with van der Waals surface area (Å²) >= 11 is 0. The molecule has 0 atom stereocenters. The highest BCUT2D eigenvalue weighted by molar-refractivity contribution is 7.91. The van der Waals surface area contributed by atoms with Gasteiger partial charge in [0.25, 0.3) is 0 Å². The van der Waals surface area contributed by atoms with Gasteiger partial charge in [0.15, 0.2) is 0 Å². The molecule has 0 bridgehead atoms. The van der Waals surface area contributed by atoms with Crippen LogP contribution in [-0.2, 0) is 16.3 Å². The van der Waals surface area contributed by atoms with Gasteiger partial charge in [0.2, 0.25) is 0 Å². The Bertz CT molecular complexity index is 534. The van der Waals surface area contributed by atoms with Gasteiger partial charge in [0.05, 0.1) is 17.1 Å². The van der Waals surface area contributed by atoms with Crippen LogP contribution >= 0.6 is 0 Å². The van der Waals surface area contributed by atoms with Crippen LogP contribution in [0.1, 0.15) is 28.8 Å². The van der Waals surface area contributed by atoms with Crippen LogP contribution < -0.4 is 0 Å². The molecule has 0 radical (unpaired) electrons. The lowest BCUT2D eigenvalue weighted by Crippen LogP contribution is -2.24. The number of hydrogen-bond donors (Lipinski definition) is 1. The van der Waals surface area contributed by atoms with Crippen molar-refractivity contribution in [3.63, 3.8) is 0 Å². The first-order valence-electron chi connectivity index (χ1n) is 5.99. The fourth-order valence-corrected chi connectivity index (χ4v) is 3.95. The number of sulfone groups is 1. The second-order valence-corrected chi connectivity index (χ2v) is 7.07. The molecule has 5 heteroatoms. The van der Waals surface area contributed by atoms with Crippen LogP contribution in [0.3, 0.4) is 0 Å². The summed E-state index contributed by atoms with van der Waals surface area (Å²) in [7, 11) is -2.85. The van der Waals surface area contributed by atoms with Crippen LogP contribution in [-0.4, -0.2) is 31.0 Å². The van der Waals surface area contributed by atoms with E-state index in [1.807, 2.05) is 12.1 Å². The fourth-order valence-electron chi connectivity index (χ4n) is 2.36. The van der Waals surface area contributed by atoms with E-state index < -0.39 is 15.8 Å². The fraction of sp³-hybridized carbons (Fsp3) is 0.462. The van der Waals surface area contributed by atoms with Crippen LogP contribution in [0.5, 0.6) is 0 Å². The number of rotatable bonds is 3. The van der Waals surface area contributed by atoms with Crippen LogP contribution in [0.15, 0.2) is 24.3 Å². The summed E-state index contributed by atoms with van der Waals surface area (Å²) in [6, 6.07) is 6.93. The van der Waals surface area contributed by atoms with Crippen molar-refractivity contribution in [2.45, 2.75) is 19.3 Å². The van der Waals surface area contributed by atoms with E-state index in [0.29, 0.717) is 24.8 Å². The van der Waals surface area contributed by atoms with E-state index in [9.17, 15) is 13.2 Å². The number of carboxylic acid groups (broad SMARTS) is 1. The Kier molecular flexibility index (Phi) is 3.71. The summed E-state index contributed by atoms with van der Waals surface area (Å²) in [6.07, 6.45) is 1.92. The molecule has 18 heavy (non-hydrogen) atoms. The van der Waals surface area contributed by atoms with Crippen molar-refractivity contribution in [2.75, 3.05) is 11.5 Å². The minimum atomic E-state index is -2.85. The average molecular weight is 268 g/mol. The zero-order valence-electron chi connectivity index (χ0n) is 10.0. The van der Waals surface area contributed by atoms with Crippen LogP contribution in [0, 0.1) is 5.92 Å². The minimum absolute atomic E-state index is 0.229. The van der Waals surface area contributed by atoms with E-state index >= 15 is 0 Å². The Morgan fingerprint density at radius 3 is 2.44 bits per heavy atom. The van der Waals surface area contributed by atoms with Gasteiger partial charge in [-0.15, -0.1) is 0 Å². The molecule has 0 aliphatic carbocycles. The number of carbonyl (C=O) groups is 1. The van der Waals surface area contributed by atoms with E-state index in [4.69, 9.17) is 5.11 Å². The van der Waals surface area contributed by atoms with Gasteiger partial charge in [0.1, 0.15) is 9.84 Å². The first kappa shape index (κ1) is 13.1. The smallest absolute Gasteiger partial charge is 0.335 e. The average Bonchev–Trinajstić information content (AvgIpc) is 2.32. The molecule has 1 aliphatic rings. The maximum Gasteiger partial charge on any atom is 0.335 e. The summed E-state index contributed by atoms with van der Waals surface area (Å²) in [5.41, 5.74) is 1.13. The third kappa shape index (κ3) is 3.10. The number of carboxylic acids is 1. The lowest BCUT2D eigenvalue weighted by atomic mass is 9.91. The van der Waals surface area contributed by atoms with Gasteiger partial charge in [-0.05, 0) is 36.8 Å². The third-order valence-corrected chi connectivity index (χ3v) is 5.15. The van der Waals surface area contributed by atoms with Crippen molar-refractivity contribution in [2.24, 2.45) is 5.92 Å². The zero-order chi connectivity index (χ0) is 13.2. The predicted molar refractivity (Wildman–Crippen MR) is 68.5 cm³/mol. The van der Waals surface area contributed by atoms with Gasteiger partial charge >= 0.3 is 5.97 Å². The van der Waals surface area contributed by atoms with Crippen LogP contribution in [0.2, 0.25) is 0 Å². The molecule has 2 rings (SSSR count). The second kappa shape index (κ2) is 5.10. The Labute approximate surface area is 107 Å². The Morgan fingerprint density at radius 2 is 1.83 bits per heavy atom. The molecule has 1 aromatic carbocycles. The molecule has 4 nitrogen and oxygen atoms in total. The van der Waals surface area contributed by atoms with Crippen molar-refractivity contribution >= 4 is 15.8 Å². The van der Waals surface area contributed by atoms with Gasteiger partial charge in [0, 0.05) is 0 Å². The first-order valence-corrected chi connectivity index (χ1v) is 7.82. The van der Waals surface area contributed by atoms with E-state index in [0.717, 1.165) is 5.56 Å². The predicted octanol–water partition coefficient (Wildman–Crippen LogP) is 1.75. The monoisotopic (exact) mass is 268 g/mol. The summed E-state index contributed by atoms with van der Waals surface area (Å²) in [6.45, 7) is 0. The molecule has 98 valence electrons. The molecular weight excluding hydrogens is 252 g/mol. The van der Waals surface area contributed by atoms with Crippen LogP contribution in [0.25, 0.3) is 0 Å². The number of benzene rings is 1. The maximum atomic E-state index is 11.3. The molecular formula is C13H16O4S. The van der Waals surface area contributed by atoms with Gasteiger partial charge in [-0.3, -0.25) is 0 Å². The van der Waals surface area contributed by atoms with Gasteiger partial charge in [-0.25, -0.2) is 13.2 Å².